The van der Waals surface area contributed by atoms with Gasteiger partial charge in [-0.25, -0.2) is 0 Å². The molecule has 2 N–H and O–H groups in total. The van der Waals surface area contributed by atoms with Crippen LogP contribution in [0.15, 0.2) is 35.6 Å². The van der Waals surface area contributed by atoms with Gasteiger partial charge < -0.3 is 15.1 Å². The van der Waals surface area contributed by atoms with Crippen LogP contribution in [0.5, 0.6) is 11.5 Å². The first-order chi connectivity index (χ1) is 11.8. The van der Waals surface area contributed by atoms with E-state index in [2.05, 4.69) is 10.1 Å². The predicted molar refractivity (Wildman–Crippen MR) is 89.9 cm³/mol. The van der Waals surface area contributed by atoms with Gasteiger partial charge in [-0.3, -0.25) is 4.98 Å². The van der Waals surface area contributed by atoms with Gasteiger partial charge in [-0.15, -0.1) is 0 Å². The van der Waals surface area contributed by atoms with Crippen LogP contribution in [-0.2, 0) is 4.84 Å². The largest absolute Gasteiger partial charge is 0.507 e. The molecule has 1 heterocycles. The molecule has 2 rings (SSSR count). The van der Waals surface area contributed by atoms with E-state index < -0.39 is 5.60 Å². The molecule has 0 saturated carbocycles. The molecule has 1 aromatic carbocycles. The topological polar surface area (TPSA) is 123 Å². The molecule has 0 unspecified atom stereocenters. The Bertz CT molecular complexity index is 915. The van der Waals surface area contributed by atoms with Crippen LogP contribution < -0.4 is 0 Å². The molecule has 7 heteroatoms. The number of aromatic hydroxyl groups is 2. The summed E-state index contributed by atoms with van der Waals surface area (Å²) in [5, 5.41) is 42.7. The molecule has 0 bridgehead atoms. The summed E-state index contributed by atoms with van der Waals surface area (Å²) in [4.78, 5) is 9.49. The van der Waals surface area contributed by atoms with E-state index in [0.29, 0.717) is 0 Å². The van der Waals surface area contributed by atoms with E-state index in [1.54, 1.807) is 26.8 Å². The molecule has 0 atom stereocenters. The van der Waals surface area contributed by atoms with Gasteiger partial charge in [0.05, 0.1) is 11.1 Å². The van der Waals surface area contributed by atoms with Gasteiger partial charge in [0.2, 0.25) is 0 Å². The lowest BCUT2D eigenvalue weighted by Gasteiger charge is -2.18. The summed E-state index contributed by atoms with van der Waals surface area (Å²) in [6, 6.07) is 9.18. The summed E-state index contributed by atoms with van der Waals surface area (Å²) < 4.78 is 0. The van der Waals surface area contributed by atoms with E-state index in [0.717, 1.165) is 0 Å². The second-order valence-electron chi connectivity index (χ2n) is 6.15. The Labute approximate surface area is 145 Å². The van der Waals surface area contributed by atoms with Crippen molar-refractivity contribution in [3.63, 3.8) is 0 Å². The van der Waals surface area contributed by atoms with Crippen molar-refractivity contribution in [3.8, 4) is 23.6 Å². The minimum Gasteiger partial charge on any atom is -0.507 e. The Morgan fingerprint density at radius 2 is 1.76 bits per heavy atom. The Hall–Kier alpha value is -3.58. The van der Waals surface area contributed by atoms with Crippen LogP contribution >= 0.6 is 0 Å². The van der Waals surface area contributed by atoms with Gasteiger partial charge in [0.15, 0.2) is 0 Å². The molecule has 0 fully saturated rings. The van der Waals surface area contributed by atoms with Crippen LogP contribution in [0.4, 0.5) is 0 Å². The maximum Gasteiger partial charge on any atom is 0.143 e. The van der Waals surface area contributed by atoms with Crippen molar-refractivity contribution in [3.05, 3.63) is 52.8 Å². The van der Waals surface area contributed by atoms with E-state index in [-0.39, 0.29) is 39.6 Å². The first-order valence-corrected chi connectivity index (χ1v) is 7.35. The Kier molecular flexibility index (Phi) is 4.90. The van der Waals surface area contributed by atoms with Crippen LogP contribution in [-0.4, -0.2) is 26.5 Å². The molecule has 7 nitrogen and oxygen atoms in total. The summed E-state index contributed by atoms with van der Waals surface area (Å²) in [5.74, 6) is -0.446. The number of aromatic nitrogens is 1. The quantitative estimate of drug-likeness (QED) is 0.656. The van der Waals surface area contributed by atoms with E-state index in [9.17, 15) is 15.5 Å². The Morgan fingerprint density at radius 3 is 2.32 bits per heavy atom. The highest BCUT2D eigenvalue weighted by molar-refractivity contribution is 6.14. The third kappa shape index (κ3) is 4.04. The molecular formula is C18H16N4O3. The molecule has 25 heavy (non-hydrogen) atoms. The third-order valence-corrected chi connectivity index (χ3v) is 3.05. The number of hydrogen-bond acceptors (Lipinski definition) is 7. The fourth-order valence-corrected chi connectivity index (χ4v) is 1.94. The zero-order valence-electron chi connectivity index (χ0n) is 14.0. The lowest BCUT2D eigenvalue weighted by atomic mass is 9.99. The van der Waals surface area contributed by atoms with Gasteiger partial charge in [-0.1, -0.05) is 5.16 Å². The van der Waals surface area contributed by atoms with Crippen LogP contribution in [0.2, 0.25) is 0 Å². The van der Waals surface area contributed by atoms with Crippen molar-refractivity contribution in [1.29, 1.82) is 10.5 Å². The average Bonchev–Trinajstić information content (AvgIpc) is 2.56. The Balaban J connectivity index is 2.72. The number of benzene rings is 1. The molecule has 0 aliphatic heterocycles. The van der Waals surface area contributed by atoms with Gasteiger partial charge >= 0.3 is 0 Å². The highest BCUT2D eigenvalue weighted by Gasteiger charge is 2.21. The van der Waals surface area contributed by atoms with E-state index >= 15 is 0 Å². The predicted octanol–water partition coefficient (Wildman–Crippen LogP) is 2.80. The van der Waals surface area contributed by atoms with Crippen LogP contribution in [0.25, 0.3) is 0 Å². The van der Waals surface area contributed by atoms with E-state index in [4.69, 9.17) is 10.1 Å². The molecule has 0 amide bonds. The second-order valence-corrected chi connectivity index (χ2v) is 6.15. The molecule has 0 radical (unpaired) electrons. The van der Waals surface area contributed by atoms with Crippen molar-refractivity contribution in [2.45, 2.75) is 26.4 Å². The van der Waals surface area contributed by atoms with Gasteiger partial charge in [0.1, 0.15) is 40.6 Å². The maximum atomic E-state index is 10.3. The third-order valence-electron chi connectivity index (χ3n) is 3.05. The minimum atomic E-state index is -0.629. The number of pyridine rings is 1. The molecule has 0 saturated heterocycles. The monoisotopic (exact) mass is 336 g/mol. The van der Waals surface area contributed by atoms with Gasteiger partial charge in [0, 0.05) is 11.8 Å². The fraction of sp³-hybridized carbons (Fsp3) is 0.222. The van der Waals surface area contributed by atoms with Crippen molar-refractivity contribution in [2.24, 2.45) is 5.16 Å². The first-order valence-electron chi connectivity index (χ1n) is 7.35. The standard InChI is InChI=1S/C18H16N4O3/c1-18(2,3)25-22-16(17-14(23)5-4-6-21-17)13-7-11(9-19)12(10-20)8-15(13)24/h4-8,23-24H,1-3H3/b22-16-. The van der Waals surface area contributed by atoms with Gasteiger partial charge in [-0.05, 0) is 45.0 Å². The molecule has 0 spiro atoms. The maximum absolute atomic E-state index is 10.3. The summed E-state index contributed by atoms with van der Waals surface area (Å²) >= 11 is 0. The summed E-state index contributed by atoms with van der Waals surface area (Å²) in [6.45, 7) is 5.35. The van der Waals surface area contributed by atoms with Crippen molar-refractivity contribution in [1.82, 2.24) is 4.98 Å². The van der Waals surface area contributed by atoms with Crippen LogP contribution in [0.1, 0.15) is 43.2 Å². The lowest BCUT2D eigenvalue weighted by Crippen LogP contribution is -2.18. The number of phenolic OH excluding ortho intramolecular Hbond substituents is 1. The van der Waals surface area contributed by atoms with E-state index in [1.165, 1.54) is 24.4 Å². The summed E-state index contributed by atoms with van der Waals surface area (Å²) in [7, 11) is 0. The van der Waals surface area contributed by atoms with Crippen molar-refractivity contribution in [2.75, 3.05) is 0 Å². The van der Waals surface area contributed by atoms with Crippen LogP contribution in [0.3, 0.4) is 0 Å². The smallest absolute Gasteiger partial charge is 0.143 e. The summed E-state index contributed by atoms with van der Waals surface area (Å²) in [5.41, 5.74) is -0.286. The van der Waals surface area contributed by atoms with Gasteiger partial charge in [0.25, 0.3) is 0 Å². The zero-order valence-corrected chi connectivity index (χ0v) is 14.0. The fourth-order valence-electron chi connectivity index (χ4n) is 1.94. The molecular weight excluding hydrogens is 320 g/mol. The number of oxime groups is 1. The number of nitrogens with zero attached hydrogens (tertiary/aromatic N) is 4. The molecule has 0 aliphatic rings. The second kappa shape index (κ2) is 6.90. The highest BCUT2D eigenvalue weighted by Crippen LogP contribution is 2.28. The minimum absolute atomic E-state index is 0.0325. The van der Waals surface area contributed by atoms with Crippen molar-refractivity contribution >= 4 is 5.71 Å². The number of phenols is 1. The van der Waals surface area contributed by atoms with E-state index in [1.807, 2.05) is 12.1 Å². The summed E-state index contributed by atoms with van der Waals surface area (Å²) in [6.07, 6.45) is 1.45. The average molecular weight is 336 g/mol. The number of nitriles is 2. The van der Waals surface area contributed by atoms with Gasteiger partial charge in [-0.2, -0.15) is 10.5 Å². The molecule has 1 aromatic heterocycles. The number of rotatable bonds is 3. The molecule has 2 aromatic rings. The molecule has 126 valence electrons. The highest BCUT2D eigenvalue weighted by atomic mass is 16.6. The first kappa shape index (κ1) is 17.8. The Morgan fingerprint density at radius 1 is 1.12 bits per heavy atom. The van der Waals surface area contributed by atoms with Crippen LogP contribution in [0, 0.1) is 22.7 Å². The number of hydrogen-bond donors (Lipinski definition) is 2. The van der Waals surface area contributed by atoms with Crippen molar-refractivity contribution < 1.29 is 15.1 Å². The normalized spacial score (nSPS) is 11.5. The zero-order chi connectivity index (χ0) is 18.6. The lowest BCUT2D eigenvalue weighted by molar-refractivity contribution is 0.00109. The molecule has 0 aliphatic carbocycles. The SMILES string of the molecule is CC(C)(C)O/N=C(/c1cc(C#N)c(C#N)cc1O)c1ncccc1O.